The zero-order valence-corrected chi connectivity index (χ0v) is 22.7. The van der Waals surface area contributed by atoms with E-state index in [4.69, 9.17) is 9.47 Å². The van der Waals surface area contributed by atoms with Gasteiger partial charge < -0.3 is 19.2 Å². The number of fused-ring (bicyclic) bond motifs is 2. The van der Waals surface area contributed by atoms with Crippen molar-refractivity contribution in [2.24, 2.45) is 0 Å². The van der Waals surface area contributed by atoms with Crippen molar-refractivity contribution in [3.63, 3.8) is 0 Å². The van der Waals surface area contributed by atoms with Gasteiger partial charge in [0.05, 0.1) is 16.7 Å². The summed E-state index contributed by atoms with van der Waals surface area (Å²) in [5, 5.41) is 12.4. The van der Waals surface area contributed by atoms with Gasteiger partial charge in [-0.15, -0.1) is 18.3 Å². The molecule has 3 aromatic carbocycles. The quantitative estimate of drug-likeness (QED) is 0.308. The highest BCUT2D eigenvalue weighted by atomic mass is 19.4. The first kappa shape index (κ1) is 27.0. The minimum atomic E-state index is -4.90. The molecule has 1 atom stereocenters. The van der Waals surface area contributed by atoms with Crippen LogP contribution in [0, 0.1) is 0 Å². The minimum Gasteiger partial charge on any atom is -0.486 e. The first-order valence-electron chi connectivity index (χ1n) is 13.8. The largest absolute Gasteiger partial charge is 0.573 e. The molecule has 2 aliphatic rings. The van der Waals surface area contributed by atoms with Crippen LogP contribution in [0.1, 0.15) is 36.3 Å². The van der Waals surface area contributed by atoms with Crippen LogP contribution in [0.15, 0.2) is 71.5 Å². The number of piperidine rings is 1. The van der Waals surface area contributed by atoms with Crippen molar-refractivity contribution in [3.05, 3.63) is 88.6 Å². The molecule has 222 valence electrons. The summed E-state index contributed by atoms with van der Waals surface area (Å²) in [6.45, 7) is 1.73. The number of halogens is 3. The van der Waals surface area contributed by atoms with Gasteiger partial charge in [-0.25, -0.2) is 4.79 Å². The number of benzene rings is 3. The van der Waals surface area contributed by atoms with E-state index in [9.17, 15) is 18.0 Å². The van der Waals surface area contributed by atoms with Crippen molar-refractivity contribution in [2.75, 3.05) is 26.3 Å². The summed E-state index contributed by atoms with van der Waals surface area (Å²) >= 11 is 0. The Morgan fingerprint density at radius 3 is 2.51 bits per heavy atom. The Balaban J connectivity index is 1.27. The molecule has 0 radical (unpaired) electrons. The van der Waals surface area contributed by atoms with E-state index in [0.717, 1.165) is 11.0 Å². The molecule has 11 nitrogen and oxygen atoms in total. The van der Waals surface area contributed by atoms with E-state index in [1.807, 2.05) is 29.2 Å². The Labute approximate surface area is 242 Å². The molecule has 4 heterocycles. The lowest BCUT2D eigenvalue weighted by molar-refractivity contribution is -0.275. The van der Waals surface area contributed by atoms with Crippen molar-refractivity contribution in [2.45, 2.75) is 31.3 Å². The molecule has 1 unspecified atom stereocenters. The molecule has 7 rings (SSSR count). The number of H-pyrrole nitrogens is 1. The molecule has 43 heavy (non-hydrogen) atoms. The number of tetrazole rings is 1. The fraction of sp³-hybridized carbons (Fsp3) is 0.310. The topological polar surface area (TPSA) is 112 Å². The molecule has 2 aliphatic heterocycles. The number of nitrogens with one attached hydrogen (secondary N) is 1. The van der Waals surface area contributed by atoms with Crippen molar-refractivity contribution < 1.29 is 27.4 Å². The lowest BCUT2D eigenvalue weighted by Crippen LogP contribution is -2.40. The van der Waals surface area contributed by atoms with Gasteiger partial charge in [0.15, 0.2) is 17.3 Å². The summed E-state index contributed by atoms with van der Waals surface area (Å²) in [6, 6.07) is 17.8. The second-order valence-corrected chi connectivity index (χ2v) is 10.3. The highest BCUT2D eigenvalue weighted by Crippen LogP contribution is 2.40. The van der Waals surface area contributed by atoms with Gasteiger partial charge in [0.1, 0.15) is 25.0 Å². The van der Waals surface area contributed by atoms with E-state index in [1.165, 1.54) is 16.8 Å². The highest BCUT2D eigenvalue weighted by Gasteiger charge is 2.38. The molecule has 1 N–H and O–H groups in total. The Bertz CT molecular complexity index is 1820. The van der Waals surface area contributed by atoms with Gasteiger partial charge in [-0.05, 0) is 53.6 Å². The smallest absolute Gasteiger partial charge is 0.486 e. The zero-order chi connectivity index (χ0) is 29.6. The van der Waals surface area contributed by atoms with Gasteiger partial charge in [0.2, 0.25) is 0 Å². The van der Waals surface area contributed by atoms with Gasteiger partial charge in [-0.2, -0.15) is 4.68 Å². The second kappa shape index (κ2) is 10.8. The Morgan fingerprint density at radius 1 is 0.953 bits per heavy atom. The summed E-state index contributed by atoms with van der Waals surface area (Å²) in [5.41, 5.74) is 2.20. The van der Waals surface area contributed by atoms with E-state index in [1.54, 1.807) is 34.9 Å². The van der Waals surface area contributed by atoms with E-state index >= 15 is 0 Å². The lowest BCUT2D eigenvalue weighted by atomic mass is 9.97. The predicted octanol–water partition coefficient (Wildman–Crippen LogP) is 4.40. The number of imidazole rings is 1. The van der Waals surface area contributed by atoms with E-state index in [0.29, 0.717) is 62.2 Å². The number of hydrogen-bond acceptors (Lipinski definition) is 8. The highest BCUT2D eigenvalue weighted by molar-refractivity contribution is 5.75. The summed E-state index contributed by atoms with van der Waals surface area (Å²) in [4.78, 5) is 17.8. The molecular formula is C29H26F3N7O4. The van der Waals surface area contributed by atoms with Gasteiger partial charge in [0.25, 0.3) is 0 Å². The first-order chi connectivity index (χ1) is 20.9. The normalized spacial score (nSPS) is 16.8. The molecule has 5 aromatic rings. The van der Waals surface area contributed by atoms with E-state index in [-0.39, 0.29) is 23.0 Å². The molecular weight excluding hydrogens is 567 g/mol. The maximum Gasteiger partial charge on any atom is 0.573 e. The summed E-state index contributed by atoms with van der Waals surface area (Å²) in [5.74, 6) is 1.07. The molecule has 0 bridgehead atoms. The van der Waals surface area contributed by atoms with Gasteiger partial charge in [-0.3, -0.25) is 9.47 Å². The summed E-state index contributed by atoms with van der Waals surface area (Å²) in [7, 11) is 0. The number of ether oxygens (including phenoxy) is 3. The number of aromatic amines is 1. The van der Waals surface area contributed by atoms with Crippen LogP contribution in [0.3, 0.4) is 0 Å². The van der Waals surface area contributed by atoms with Crippen LogP contribution in [0.2, 0.25) is 0 Å². The third-order valence-corrected chi connectivity index (χ3v) is 7.80. The Kier molecular flexibility index (Phi) is 6.76. The molecule has 2 aromatic heterocycles. The van der Waals surface area contributed by atoms with Crippen molar-refractivity contribution in [3.8, 4) is 22.9 Å². The minimum absolute atomic E-state index is 0.101. The van der Waals surface area contributed by atoms with Crippen LogP contribution in [0.5, 0.6) is 17.2 Å². The van der Waals surface area contributed by atoms with E-state index < -0.39 is 12.4 Å². The van der Waals surface area contributed by atoms with Crippen LogP contribution >= 0.6 is 0 Å². The van der Waals surface area contributed by atoms with Crippen LogP contribution < -0.4 is 19.9 Å². The lowest BCUT2D eigenvalue weighted by Gasteiger charge is -2.37. The van der Waals surface area contributed by atoms with E-state index in [2.05, 4.69) is 25.2 Å². The third-order valence-electron chi connectivity index (χ3n) is 7.80. The number of hydrogen-bond donors (Lipinski definition) is 1. The maximum atomic E-state index is 13.5. The Morgan fingerprint density at radius 2 is 1.70 bits per heavy atom. The van der Waals surface area contributed by atoms with Crippen LogP contribution in [0.4, 0.5) is 13.2 Å². The van der Waals surface area contributed by atoms with Crippen LogP contribution in [-0.4, -0.2) is 67.3 Å². The van der Waals surface area contributed by atoms with Crippen LogP contribution in [0.25, 0.3) is 16.7 Å². The number of likely N-dealkylation sites (tertiary alicyclic amines) is 1. The average molecular weight is 594 g/mol. The first-order valence-corrected chi connectivity index (χ1v) is 13.8. The summed E-state index contributed by atoms with van der Waals surface area (Å²) in [6.07, 6.45) is -3.75. The zero-order valence-electron chi connectivity index (χ0n) is 22.7. The number of rotatable bonds is 6. The fourth-order valence-corrected chi connectivity index (χ4v) is 5.97. The number of nitrogens with zero attached hydrogens (tertiary/aromatic N) is 6. The molecule has 1 saturated heterocycles. The average Bonchev–Trinajstić information content (AvgIpc) is 3.62. The molecule has 1 fully saturated rings. The van der Waals surface area contributed by atoms with Crippen molar-refractivity contribution >= 4 is 11.0 Å². The monoisotopic (exact) mass is 593 g/mol. The molecule has 0 amide bonds. The van der Waals surface area contributed by atoms with Crippen LogP contribution in [-0.2, 0) is 0 Å². The predicted molar refractivity (Wildman–Crippen MR) is 148 cm³/mol. The second-order valence-electron chi connectivity index (χ2n) is 10.3. The Hall–Kier alpha value is -4.85. The van der Waals surface area contributed by atoms with Crippen molar-refractivity contribution in [1.29, 1.82) is 0 Å². The SMILES string of the molecule is O=c1[nH]c2ccccc2n1C1CCN(C(c2ccccc2OC(F)(F)F)c2nnnn2-c2ccc3c(c2)OCCO3)CC1. The standard InChI is InChI=1S/C29H26F3N7O4/c30-29(31,32)43-23-8-4-1-5-20(23)26(27-34-35-36-39(27)19-9-10-24-25(17-19)42-16-15-41-24)37-13-11-18(12-14-37)38-22-7-3-2-6-21(22)33-28(38)40/h1-10,17-18,26H,11-16H2,(H,33,40). The van der Waals surface area contributed by atoms with Gasteiger partial charge in [0, 0.05) is 30.8 Å². The summed E-state index contributed by atoms with van der Waals surface area (Å²) < 4.78 is 59.6. The van der Waals surface area contributed by atoms with Crippen molar-refractivity contribution in [1.82, 2.24) is 34.7 Å². The molecule has 14 heteroatoms. The number of aromatic nitrogens is 6. The molecule has 0 saturated carbocycles. The molecule has 0 spiro atoms. The third kappa shape index (κ3) is 5.18. The van der Waals surface area contributed by atoms with Gasteiger partial charge >= 0.3 is 12.1 Å². The maximum absolute atomic E-state index is 13.5. The number of alkyl halides is 3. The molecule has 0 aliphatic carbocycles. The van der Waals surface area contributed by atoms with Gasteiger partial charge in [-0.1, -0.05) is 30.3 Å². The number of para-hydroxylation sites is 3. The fourth-order valence-electron chi connectivity index (χ4n) is 5.97.